The lowest BCUT2D eigenvalue weighted by Crippen LogP contribution is -2.42. The first-order valence-corrected chi connectivity index (χ1v) is 4.76. The van der Waals surface area contributed by atoms with Crippen LogP contribution in [0.1, 0.15) is 26.7 Å². The molecule has 0 saturated carbocycles. The van der Waals surface area contributed by atoms with Crippen LogP contribution in [0.2, 0.25) is 0 Å². The third kappa shape index (κ3) is 5.52. The Hall–Kier alpha value is -0.120. The fraction of sp³-hybridized carbons (Fsp3) is 1.00. The molecule has 0 aliphatic carbocycles. The summed E-state index contributed by atoms with van der Waals surface area (Å²) in [6.07, 6.45) is 1.96. The van der Waals surface area contributed by atoms with Crippen LogP contribution in [0, 0.1) is 0 Å². The van der Waals surface area contributed by atoms with Crippen LogP contribution in [0.25, 0.3) is 0 Å². The summed E-state index contributed by atoms with van der Waals surface area (Å²) in [6, 6.07) is 0.935. The van der Waals surface area contributed by atoms with Crippen LogP contribution in [0.5, 0.6) is 0 Å². The van der Waals surface area contributed by atoms with Gasteiger partial charge in [0.2, 0.25) is 0 Å². The second-order valence-corrected chi connectivity index (χ2v) is 3.24. The quantitative estimate of drug-likeness (QED) is 0.521. The van der Waals surface area contributed by atoms with E-state index in [9.17, 15) is 0 Å². The predicted octanol–water partition coefficient (Wildman–Crippen LogP) is 0.345. The number of rotatable bonds is 7. The van der Waals surface area contributed by atoms with E-state index in [1.807, 2.05) is 7.05 Å². The molecule has 0 aliphatic rings. The predicted molar refractivity (Wildman–Crippen MR) is 52.3 cm³/mol. The fourth-order valence-corrected chi connectivity index (χ4v) is 1.25. The monoisotopic (exact) mass is 174 g/mol. The number of nitrogens with one attached hydrogen (secondary N) is 2. The van der Waals surface area contributed by atoms with Crippen LogP contribution >= 0.6 is 0 Å². The number of hydrogen-bond acceptors (Lipinski definition) is 3. The molecule has 3 nitrogen and oxygen atoms in total. The maximum atomic E-state index is 8.70. The third-order valence-corrected chi connectivity index (χ3v) is 2.03. The van der Waals surface area contributed by atoms with Gasteiger partial charge in [-0.3, -0.25) is 0 Å². The van der Waals surface area contributed by atoms with Gasteiger partial charge in [-0.05, 0) is 26.8 Å². The van der Waals surface area contributed by atoms with E-state index in [1.54, 1.807) is 0 Å². The standard InChI is InChI=1S/C9H22N2O/c1-4-9(7-10-3)11-8(2)5-6-12/h8-12H,4-7H2,1-3H3. The molecule has 0 spiro atoms. The van der Waals surface area contributed by atoms with Crippen molar-refractivity contribution in [2.24, 2.45) is 0 Å². The highest BCUT2D eigenvalue weighted by Crippen LogP contribution is 1.95. The van der Waals surface area contributed by atoms with Crippen molar-refractivity contribution in [3.05, 3.63) is 0 Å². The Kier molecular flexibility index (Phi) is 7.45. The van der Waals surface area contributed by atoms with E-state index in [0.29, 0.717) is 12.1 Å². The van der Waals surface area contributed by atoms with Gasteiger partial charge in [-0.1, -0.05) is 6.92 Å². The first-order valence-electron chi connectivity index (χ1n) is 4.76. The average Bonchev–Trinajstić information content (AvgIpc) is 2.04. The van der Waals surface area contributed by atoms with Crippen molar-refractivity contribution in [1.82, 2.24) is 10.6 Å². The van der Waals surface area contributed by atoms with Gasteiger partial charge in [0.1, 0.15) is 0 Å². The van der Waals surface area contributed by atoms with Crippen molar-refractivity contribution in [2.75, 3.05) is 20.2 Å². The molecule has 0 heterocycles. The zero-order valence-electron chi connectivity index (χ0n) is 8.43. The molecule has 2 atom stereocenters. The Morgan fingerprint density at radius 2 is 2.08 bits per heavy atom. The summed E-state index contributed by atoms with van der Waals surface area (Å²) >= 11 is 0. The molecule has 0 saturated heterocycles. The molecular weight excluding hydrogens is 152 g/mol. The smallest absolute Gasteiger partial charge is 0.0445 e. The summed E-state index contributed by atoms with van der Waals surface area (Å²) in [5.74, 6) is 0. The molecule has 74 valence electrons. The SMILES string of the molecule is CCC(CNC)NC(C)CCO. The van der Waals surface area contributed by atoms with E-state index in [2.05, 4.69) is 24.5 Å². The molecule has 0 fully saturated rings. The summed E-state index contributed by atoms with van der Waals surface area (Å²) in [5.41, 5.74) is 0. The lowest BCUT2D eigenvalue weighted by Gasteiger charge is -2.21. The Morgan fingerprint density at radius 3 is 2.50 bits per heavy atom. The number of aliphatic hydroxyl groups is 1. The van der Waals surface area contributed by atoms with Crippen LogP contribution in [0.3, 0.4) is 0 Å². The summed E-state index contributed by atoms with van der Waals surface area (Å²) in [6.45, 7) is 5.53. The molecule has 0 rings (SSSR count). The van der Waals surface area contributed by atoms with Crippen molar-refractivity contribution in [1.29, 1.82) is 0 Å². The molecule has 3 N–H and O–H groups in total. The highest BCUT2D eigenvalue weighted by atomic mass is 16.3. The van der Waals surface area contributed by atoms with Crippen molar-refractivity contribution in [3.8, 4) is 0 Å². The number of aliphatic hydroxyl groups excluding tert-OH is 1. The summed E-state index contributed by atoms with van der Waals surface area (Å²) < 4.78 is 0. The molecule has 0 aliphatic heterocycles. The molecular formula is C9H22N2O. The summed E-state index contributed by atoms with van der Waals surface area (Å²) in [4.78, 5) is 0. The summed E-state index contributed by atoms with van der Waals surface area (Å²) in [5, 5.41) is 15.3. The van der Waals surface area contributed by atoms with Crippen molar-refractivity contribution in [3.63, 3.8) is 0 Å². The molecule has 12 heavy (non-hydrogen) atoms. The molecule has 0 amide bonds. The van der Waals surface area contributed by atoms with Crippen LogP contribution in [0.15, 0.2) is 0 Å². The van der Waals surface area contributed by atoms with Crippen molar-refractivity contribution < 1.29 is 5.11 Å². The minimum absolute atomic E-state index is 0.268. The summed E-state index contributed by atoms with van der Waals surface area (Å²) in [7, 11) is 1.96. The Bertz CT molecular complexity index is 98.5. The van der Waals surface area contributed by atoms with Crippen molar-refractivity contribution >= 4 is 0 Å². The van der Waals surface area contributed by atoms with Crippen LogP contribution in [0.4, 0.5) is 0 Å². The van der Waals surface area contributed by atoms with Gasteiger partial charge in [0.15, 0.2) is 0 Å². The van der Waals surface area contributed by atoms with Crippen LogP contribution in [-0.2, 0) is 0 Å². The van der Waals surface area contributed by atoms with Gasteiger partial charge >= 0.3 is 0 Å². The fourth-order valence-electron chi connectivity index (χ4n) is 1.25. The molecule has 0 aromatic heterocycles. The van der Waals surface area contributed by atoms with E-state index in [0.717, 1.165) is 19.4 Å². The molecule has 0 bridgehead atoms. The number of hydrogen-bond donors (Lipinski definition) is 3. The molecule has 3 heteroatoms. The number of likely N-dealkylation sites (N-methyl/N-ethyl adjacent to an activating group) is 1. The van der Waals surface area contributed by atoms with E-state index in [-0.39, 0.29) is 6.61 Å². The van der Waals surface area contributed by atoms with Crippen LogP contribution < -0.4 is 10.6 Å². The van der Waals surface area contributed by atoms with Gasteiger partial charge in [0, 0.05) is 25.2 Å². The Balaban J connectivity index is 3.53. The first kappa shape index (κ1) is 11.9. The van der Waals surface area contributed by atoms with E-state index in [1.165, 1.54) is 0 Å². The third-order valence-electron chi connectivity index (χ3n) is 2.03. The largest absolute Gasteiger partial charge is 0.396 e. The zero-order chi connectivity index (χ0) is 9.40. The van der Waals surface area contributed by atoms with E-state index < -0.39 is 0 Å². The second-order valence-electron chi connectivity index (χ2n) is 3.24. The maximum Gasteiger partial charge on any atom is 0.0445 e. The van der Waals surface area contributed by atoms with Gasteiger partial charge in [0.05, 0.1) is 0 Å². The average molecular weight is 174 g/mol. The van der Waals surface area contributed by atoms with Gasteiger partial charge in [-0.2, -0.15) is 0 Å². The van der Waals surface area contributed by atoms with Crippen LogP contribution in [-0.4, -0.2) is 37.4 Å². The molecule has 0 aromatic rings. The molecule has 0 aromatic carbocycles. The van der Waals surface area contributed by atoms with Gasteiger partial charge in [0.25, 0.3) is 0 Å². The van der Waals surface area contributed by atoms with Gasteiger partial charge < -0.3 is 15.7 Å². The normalized spacial score (nSPS) is 16.0. The van der Waals surface area contributed by atoms with E-state index >= 15 is 0 Å². The minimum atomic E-state index is 0.268. The lowest BCUT2D eigenvalue weighted by atomic mass is 10.1. The zero-order valence-corrected chi connectivity index (χ0v) is 8.43. The minimum Gasteiger partial charge on any atom is -0.396 e. The first-order chi connectivity index (χ1) is 5.74. The molecule has 2 unspecified atom stereocenters. The van der Waals surface area contributed by atoms with Gasteiger partial charge in [-0.15, -0.1) is 0 Å². The Morgan fingerprint density at radius 1 is 1.42 bits per heavy atom. The lowest BCUT2D eigenvalue weighted by molar-refractivity contribution is 0.261. The second kappa shape index (κ2) is 7.53. The highest BCUT2D eigenvalue weighted by Gasteiger charge is 2.07. The highest BCUT2D eigenvalue weighted by molar-refractivity contribution is 4.71. The Labute approximate surface area is 75.6 Å². The van der Waals surface area contributed by atoms with Gasteiger partial charge in [-0.25, -0.2) is 0 Å². The maximum absolute atomic E-state index is 8.70. The van der Waals surface area contributed by atoms with Crippen molar-refractivity contribution in [2.45, 2.75) is 38.8 Å². The topological polar surface area (TPSA) is 44.3 Å². The van der Waals surface area contributed by atoms with E-state index in [4.69, 9.17) is 5.11 Å². The molecule has 0 radical (unpaired) electrons.